The number of nitrogens with zero attached hydrogens (tertiary/aromatic N) is 4. The third-order valence-corrected chi connectivity index (χ3v) is 7.06. The number of para-hydroxylation sites is 1. The molecule has 2 aromatic rings. The monoisotopic (exact) mass is 447 g/mol. The zero-order chi connectivity index (χ0) is 22.6. The van der Waals surface area contributed by atoms with Crippen LogP contribution in [-0.4, -0.2) is 77.0 Å². The summed E-state index contributed by atoms with van der Waals surface area (Å²) in [6, 6.07) is 13.3. The molecule has 1 fully saturated rings. The molecule has 0 saturated carbocycles. The second kappa shape index (κ2) is 9.73. The number of hydrogen-bond donors (Lipinski definition) is 1. The average Bonchev–Trinajstić information content (AvgIpc) is 2.75. The minimum Gasteiger partial charge on any atom is -0.378 e. The van der Waals surface area contributed by atoms with Gasteiger partial charge in [0, 0.05) is 64.6 Å². The molecule has 1 aliphatic rings. The van der Waals surface area contributed by atoms with Gasteiger partial charge in [0.2, 0.25) is 10.0 Å². The van der Waals surface area contributed by atoms with Gasteiger partial charge in [0.25, 0.3) is 5.69 Å². The van der Waals surface area contributed by atoms with Crippen LogP contribution < -0.4 is 9.62 Å². The van der Waals surface area contributed by atoms with Crippen LogP contribution in [0.1, 0.15) is 11.6 Å². The molecule has 1 saturated heterocycles. The van der Waals surface area contributed by atoms with Crippen LogP contribution in [0.25, 0.3) is 0 Å². The summed E-state index contributed by atoms with van der Waals surface area (Å²) >= 11 is 0. The molecule has 1 atom stereocenters. The van der Waals surface area contributed by atoms with E-state index in [0.717, 1.165) is 37.4 Å². The van der Waals surface area contributed by atoms with Crippen molar-refractivity contribution >= 4 is 21.4 Å². The Labute approximate surface area is 183 Å². The molecule has 10 heteroatoms. The minimum atomic E-state index is -4.05. The van der Waals surface area contributed by atoms with Crippen molar-refractivity contribution in [1.82, 2.24) is 14.5 Å². The first-order valence-corrected chi connectivity index (χ1v) is 11.6. The molecule has 0 bridgehead atoms. The normalized spacial score (nSPS) is 16.7. The van der Waals surface area contributed by atoms with E-state index in [9.17, 15) is 18.5 Å². The predicted molar refractivity (Wildman–Crippen MR) is 121 cm³/mol. The van der Waals surface area contributed by atoms with Crippen molar-refractivity contribution in [1.29, 1.82) is 0 Å². The van der Waals surface area contributed by atoms with Gasteiger partial charge in [-0.2, -0.15) is 0 Å². The van der Waals surface area contributed by atoms with Crippen LogP contribution in [-0.2, 0) is 10.0 Å². The lowest BCUT2D eigenvalue weighted by Gasteiger charge is -2.38. The maximum Gasteiger partial charge on any atom is 0.289 e. The van der Waals surface area contributed by atoms with Crippen molar-refractivity contribution in [2.75, 3.05) is 58.8 Å². The van der Waals surface area contributed by atoms with Crippen LogP contribution in [0, 0.1) is 10.1 Å². The summed E-state index contributed by atoms with van der Waals surface area (Å²) in [6.07, 6.45) is 0. The molecule has 0 spiro atoms. The topological polar surface area (TPSA) is 99.0 Å². The molecule has 0 aliphatic carbocycles. The molecule has 9 nitrogen and oxygen atoms in total. The molecule has 168 valence electrons. The summed E-state index contributed by atoms with van der Waals surface area (Å²) in [4.78, 5) is 16.8. The molecule has 1 N–H and O–H groups in total. The summed E-state index contributed by atoms with van der Waals surface area (Å²) in [5.74, 6) is 0. The van der Waals surface area contributed by atoms with Crippen molar-refractivity contribution in [2.45, 2.75) is 10.9 Å². The average molecular weight is 448 g/mol. The van der Waals surface area contributed by atoms with E-state index in [-0.39, 0.29) is 17.5 Å². The molecule has 3 rings (SSSR count). The lowest BCUT2D eigenvalue weighted by Crippen LogP contribution is -2.48. The Hall–Kier alpha value is -2.53. The summed E-state index contributed by atoms with van der Waals surface area (Å²) in [5, 5.41) is 11.3. The highest BCUT2D eigenvalue weighted by Gasteiger charge is 2.29. The molecule has 0 aromatic heterocycles. The van der Waals surface area contributed by atoms with E-state index in [1.54, 1.807) is 0 Å². The van der Waals surface area contributed by atoms with Crippen molar-refractivity contribution in [3.05, 3.63) is 64.2 Å². The first-order chi connectivity index (χ1) is 14.7. The third kappa shape index (κ3) is 5.59. The highest BCUT2D eigenvalue weighted by molar-refractivity contribution is 7.89. The number of nitro benzene ring substituents is 1. The number of likely N-dealkylation sites (N-methyl/N-ethyl adjacent to an activating group) is 1. The van der Waals surface area contributed by atoms with Crippen molar-refractivity contribution in [3.63, 3.8) is 0 Å². The van der Waals surface area contributed by atoms with E-state index in [0.29, 0.717) is 0 Å². The number of hydrogen-bond acceptors (Lipinski definition) is 7. The Balaban J connectivity index is 1.85. The summed E-state index contributed by atoms with van der Waals surface area (Å²) in [5.41, 5.74) is 1.63. The molecule has 1 heterocycles. The Morgan fingerprint density at radius 3 is 2.26 bits per heavy atom. The highest BCUT2D eigenvalue weighted by atomic mass is 32.2. The highest BCUT2D eigenvalue weighted by Crippen LogP contribution is 2.26. The number of nitro groups is 1. The summed E-state index contributed by atoms with van der Waals surface area (Å²) < 4.78 is 28.5. The third-order valence-electron chi connectivity index (χ3n) is 5.59. The van der Waals surface area contributed by atoms with Gasteiger partial charge in [0.05, 0.1) is 4.92 Å². The first kappa shape index (κ1) is 23.1. The fourth-order valence-electron chi connectivity index (χ4n) is 3.69. The van der Waals surface area contributed by atoms with Crippen molar-refractivity contribution < 1.29 is 13.3 Å². The smallest absolute Gasteiger partial charge is 0.289 e. The van der Waals surface area contributed by atoms with E-state index in [4.69, 9.17) is 0 Å². The van der Waals surface area contributed by atoms with Crippen LogP contribution in [0.5, 0.6) is 0 Å². The standard InChI is InChI=1S/C21H29N5O4S/c1-23(2)18-10-8-17(9-11-18)20(25-14-12-24(3)13-15-25)16-22-31(29,30)21-7-5-4-6-19(21)26(27)28/h4-11,20,22H,12-16H2,1-3H3/t20-/m1/s1. The SMILES string of the molecule is CN1CCN([C@H](CNS(=O)(=O)c2ccccc2[N+](=O)[O-])c2ccc(N(C)C)cc2)CC1. The van der Waals surface area contributed by atoms with Crippen LogP contribution in [0.4, 0.5) is 11.4 Å². The lowest BCUT2D eigenvalue weighted by molar-refractivity contribution is -0.387. The Kier molecular flexibility index (Phi) is 7.26. The first-order valence-electron chi connectivity index (χ1n) is 10.1. The number of piperazine rings is 1. The van der Waals surface area contributed by atoms with Crippen LogP contribution >= 0.6 is 0 Å². The van der Waals surface area contributed by atoms with Gasteiger partial charge >= 0.3 is 0 Å². The Bertz CT molecular complexity index is 1000. The maximum atomic E-state index is 12.9. The van der Waals surface area contributed by atoms with Gasteiger partial charge in [-0.1, -0.05) is 24.3 Å². The van der Waals surface area contributed by atoms with Gasteiger partial charge in [-0.25, -0.2) is 13.1 Å². The van der Waals surface area contributed by atoms with Gasteiger partial charge < -0.3 is 9.80 Å². The molecular weight excluding hydrogens is 418 g/mol. The zero-order valence-corrected chi connectivity index (χ0v) is 18.9. The second-order valence-corrected chi connectivity index (χ2v) is 9.65. The molecule has 31 heavy (non-hydrogen) atoms. The van der Waals surface area contributed by atoms with E-state index in [1.165, 1.54) is 24.3 Å². The number of sulfonamides is 1. The zero-order valence-electron chi connectivity index (χ0n) is 18.1. The molecule has 0 amide bonds. The number of benzene rings is 2. The van der Waals surface area contributed by atoms with Gasteiger partial charge in [0.1, 0.15) is 0 Å². The van der Waals surface area contributed by atoms with Crippen LogP contribution in [0.15, 0.2) is 53.4 Å². The van der Waals surface area contributed by atoms with Gasteiger partial charge in [0.15, 0.2) is 4.90 Å². The van der Waals surface area contributed by atoms with Crippen molar-refractivity contribution in [2.24, 2.45) is 0 Å². The molecule has 2 aromatic carbocycles. The fourth-order valence-corrected chi connectivity index (χ4v) is 4.90. The van der Waals surface area contributed by atoms with E-state index in [2.05, 4.69) is 21.6 Å². The summed E-state index contributed by atoms with van der Waals surface area (Å²) in [7, 11) is 1.95. The van der Waals surface area contributed by atoms with E-state index < -0.39 is 20.6 Å². The van der Waals surface area contributed by atoms with E-state index >= 15 is 0 Å². The van der Waals surface area contributed by atoms with Crippen LogP contribution in [0.2, 0.25) is 0 Å². The molecule has 1 aliphatic heterocycles. The van der Waals surface area contributed by atoms with Crippen molar-refractivity contribution in [3.8, 4) is 0 Å². The Morgan fingerprint density at radius 1 is 1.06 bits per heavy atom. The van der Waals surface area contributed by atoms with Crippen LogP contribution in [0.3, 0.4) is 0 Å². The van der Waals surface area contributed by atoms with Gasteiger partial charge in [-0.3, -0.25) is 15.0 Å². The number of nitrogens with one attached hydrogen (secondary N) is 1. The molecule has 0 unspecified atom stereocenters. The van der Waals surface area contributed by atoms with Gasteiger partial charge in [-0.15, -0.1) is 0 Å². The quantitative estimate of drug-likeness (QED) is 0.488. The number of rotatable bonds is 8. The second-order valence-electron chi connectivity index (χ2n) is 7.92. The lowest BCUT2D eigenvalue weighted by atomic mass is 10.0. The Morgan fingerprint density at radius 2 is 1.68 bits per heavy atom. The van der Waals surface area contributed by atoms with E-state index in [1.807, 2.05) is 43.3 Å². The largest absolute Gasteiger partial charge is 0.378 e. The minimum absolute atomic E-state index is 0.124. The fraction of sp³-hybridized carbons (Fsp3) is 0.429. The van der Waals surface area contributed by atoms with Gasteiger partial charge in [-0.05, 0) is 30.8 Å². The maximum absolute atomic E-state index is 12.9. The number of anilines is 1. The predicted octanol–water partition coefficient (Wildman–Crippen LogP) is 1.93. The molecular formula is C21H29N5O4S. The molecule has 0 radical (unpaired) electrons. The summed E-state index contributed by atoms with van der Waals surface area (Å²) in [6.45, 7) is 3.53.